The molecule has 1 atom stereocenters. The lowest BCUT2D eigenvalue weighted by molar-refractivity contribution is 0.500. The number of hydrogen-bond acceptors (Lipinski definition) is 1. The van der Waals surface area contributed by atoms with Crippen LogP contribution in [-0.2, 0) is 6.42 Å². The highest BCUT2D eigenvalue weighted by atomic mass is 19.2. The van der Waals surface area contributed by atoms with Crippen LogP contribution in [0.3, 0.4) is 0 Å². The molecular weight excluding hydrogens is 196 g/mol. The van der Waals surface area contributed by atoms with Gasteiger partial charge in [0.1, 0.15) is 0 Å². The third-order valence-electron chi connectivity index (χ3n) is 2.93. The fraction of sp³-hybridized carbons (Fsp3) is 0.500. The Morgan fingerprint density at radius 2 is 2.20 bits per heavy atom. The molecule has 1 aliphatic rings. The van der Waals surface area contributed by atoms with E-state index in [1.54, 1.807) is 6.07 Å². The largest absolute Gasteiger partial charge is 0.310 e. The zero-order valence-electron chi connectivity index (χ0n) is 8.82. The summed E-state index contributed by atoms with van der Waals surface area (Å²) in [5.74, 6) is -1.39. The van der Waals surface area contributed by atoms with Gasteiger partial charge in [0.2, 0.25) is 0 Å². The summed E-state index contributed by atoms with van der Waals surface area (Å²) in [6.45, 7) is 3.01. The molecule has 1 N–H and O–H groups in total. The second kappa shape index (κ2) is 4.27. The van der Waals surface area contributed by atoms with Gasteiger partial charge in [-0.2, -0.15) is 0 Å². The Kier molecular flexibility index (Phi) is 3.00. The minimum absolute atomic E-state index is 0.204. The lowest BCUT2D eigenvalue weighted by atomic mass is 10.1. The minimum atomic E-state index is -0.732. The predicted octanol–water partition coefficient (Wildman–Crippen LogP) is 2.95. The van der Waals surface area contributed by atoms with E-state index >= 15 is 0 Å². The Morgan fingerprint density at radius 3 is 2.93 bits per heavy atom. The average molecular weight is 211 g/mol. The summed E-state index contributed by atoms with van der Waals surface area (Å²) >= 11 is 0. The first-order chi connectivity index (χ1) is 7.24. The van der Waals surface area contributed by atoms with Gasteiger partial charge >= 0.3 is 0 Å². The summed E-state index contributed by atoms with van der Waals surface area (Å²) in [4.78, 5) is 0. The van der Waals surface area contributed by atoms with Crippen molar-refractivity contribution < 1.29 is 8.78 Å². The molecular formula is C12H15F2N. The summed E-state index contributed by atoms with van der Waals surface area (Å²) < 4.78 is 26.4. The molecule has 1 aliphatic carbocycles. The molecule has 0 aromatic heterocycles. The molecule has 0 radical (unpaired) electrons. The molecule has 1 aromatic rings. The predicted molar refractivity (Wildman–Crippen MR) is 55.7 cm³/mol. The molecule has 82 valence electrons. The van der Waals surface area contributed by atoms with Gasteiger partial charge in [-0.3, -0.25) is 0 Å². The first-order valence-corrected chi connectivity index (χ1v) is 5.44. The first-order valence-electron chi connectivity index (χ1n) is 5.44. The van der Waals surface area contributed by atoms with Crippen molar-refractivity contribution in [1.82, 2.24) is 5.32 Å². The molecule has 0 heterocycles. The topological polar surface area (TPSA) is 12.0 Å². The molecule has 1 aromatic carbocycles. The molecule has 3 heteroatoms. The van der Waals surface area contributed by atoms with Gasteiger partial charge < -0.3 is 5.32 Å². The van der Waals surface area contributed by atoms with E-state index in [1.165, 1.54) is 6.07 Å². The van der Waals surface area contributed by atoms with Gasteiger partial charge in [0, 0.05) is 6.04 Å². The molecule has 0 fully saturated rings. The van der Waals surface area contributed by atoms with Crippen molar-refractivity contribution in [2.24, 2.45) is 0 Å². The van der Waals surface area contributed by atoms with Gasteiger partial charge in [0.05, 0.1) is 0 Å². The van der Waals surface area contributed by atoms with E-state index in [9.17, 15) is 8.78 Å². The molecule has 1 unspecified atom stereocenters. The number of fused-ring (bicyclic) bond motifs is 1. The lowest BCUT2D eigenvalue weighted by Crippen LogP contribution is -2.19. The van der Waals surface area contributed by atoms with Gasteiger partial charge in [-0.05, 0) is 43.0 Å². The quantitative estimate of drug-likeness (QED) is 0.810. The van der Waals surface area contributed by atoms with Crippen LogP contribution in [0, 0.1) is 11.6 Å². The average Bonchev–Trinajstić information content (AvgIpc) is 2.64. The number of rotatable bonds is 3. The third kappa shape index (κ3) is 1.88. The smallest absolute Gasteiger partial charge is 0.162 e. The van der Waals surface area contributed by atoms with Crippen LogP contribution in [0.25, 0.3) is 0 Å². The molecule has 0 spiro atoms. The third-order valence-corrected chi connectivity index (χ3v) is 2.93. The van der Waals surface area contributed by atoms with Crippen LogP contribution in [0.4, 0.5) is 8.78 Å². The van der Waals surface area contributed by atoms with Crippen molar-refractivity contribution >= 4 is 0 Å². The summed E-state index contributed by atoms with van der Waals surface area (Å²) in [6, 6.07) is 3.13. The van der Waals surface area contributed by atoms with Crippen molar-refractivity contribution in [2.45, 2.75) is 32.2 Å². The van der Waals surface area contributed by atoms with Crippen LogP contribution in [-0.4, -0.2) is 6.54 Å². The lowest BCUT2D eigenvalue weighted by Gasteiger charge is -2.13. The molecule has 0 saturated carbocycles. The molecule has 0 bridgehead atoms. The maximum absolute atomic E-state index is 13.4. The Hall–Kier alpha value is -0.960. The van der Waals surface area contributed by atoms with E-state index in [0.717, 1.165) is 24.9 Å². The standard InChI is InChI=1S/C12H15F2N/c1-2-7-15-11-6-4-9-8(11)3-5-10(13)12(9)14/h3,5,11,15H,2,4,6-7H2,1H3. The molecule has 0 saturated heterocycles. The highest BCUT2D eigenvalue weighted by Gasteiger charge is 2.25. The summed E-state index contributed by atoms with van der Waals surface area (Å²) in [5, 5.41) is 3.35. The van der Waals surface area contributed by atoms with Crippen molar-refractivity contribution in [3.63, 3.8) is 0 Å². The second-order valence-electron chi connectivity index (χ2n) is 3.97. The van der Waals surface area contributed by atoms with Crippen LogP contribution in [0.15, 0.2) is 12.1 Å². The summed E-state index contributed by atoms with van der Waals surface area (Å²) in [7, 11) is 0. The maximum Gasteiger partial charge on any atom is 0.162 e. The Balaban J connectivity index is 2.24. The van der Waals surface area contributed by atoms with Crippen LogP contribution in [0.5, 0.6) is 0 Å². The van der Waals surface area contributed by atoms with E-state index in [4.69, 9.17) is 0 Å². The molecule has 2 rings (SSSR count). The van der Waals surface area contributed by atoms with Crippen LogP contribution >= 0.6 is 0 Å². The molecule has 1 nitrogen and oxygen atoms in total. The Bertz CT molecular complexity index is 363. The van der Waals surface area contributed by atoms with E-state index in [2.05, 4.69) is 12.2 Å². The van der Waals surface area contributed by atoms with Crippen molar-refractivity contribution in [3.8, 4) is 0 Å². The molecule has 0 aliphatic heterocycles. The number of benzene rings is 1. The normalized spacial score (nSPS) is 19.3. The van der Waals surface area contributed by atoms with Gasteiger partial charge in [0.15, 0.2) is 11.6 Å². The van der Waals surface area contributed by atoms with Crippen molar-refractivity contribution in [3.05, 3.63) is 34.9 Å². The van der Waals surface area contributed by atoms with Crippen molar-refractivity contribution in [1.29, 1.82) is 0 Å². The van der Waals surface area contributed by atoms with Crippen molar-refractivity contribution in [2.75, 3.05) is 6.54 Å². The maximum atomic E-state index is 13.4. The van der Waals surface area contributed by atoms with Crippen LogP contribution in [0.1, 0.15) is 36.9 Å². The highest BCUT2D eigenvalue weighted by Crippen LogP contribution is 2.33. The fourth-order valence-electron chi connectivity index (χ4n) is 2.16. The first kappa shape index (κ1) is 10.6. The van der Waals surface area contributed by atoms with Gasteiger partial charge in [-0.15, -0.1) is 0 Å². The van der Waals surface area contributed by atoms with Crippen LogP contribution in [0.2, 0.25) is 0 Å². The van der Waals surface area contributed by atoms with Crippen LogP contribution < -0.4 is 5.32 Å². The SMILES string of the molecule is CCCNC1CCc2c1ccc(F)c2F. The minimum Gasteiger partial charge on any atom is -0.310 e. The van der Waals surface area contributed by atoms with Gasteiger partial charge in [0.25, 0.3) is 0 Å². The number of halogens is 2. The number of nitrogens with one attached hydrogen (secondary N) is 1. The zero-order chi connectivity index (χ0) is 10.8. The van der Waals surface area contributed by atoms with E-state index in [0.29, 0.717) is 12.0 Å². The summed E-state index contributed by atoms with van der Waals surface area (Å²) in [6.07, 6.45) is 2.56. The Morgan fingerprint density at radius 1 is 1.40 bits per heavy atom. The van der Waals surface area contributed by atoms with Gasteiger partial charge in [-0.1, -0.05) is 13.0 Å². The monoisotopic (exact) mass is 211 g/mol. The highest BCUT2D eigenvalue weighted by molar-refractivity contribution is 5.36. The van der Waals surface area contributed by atoms with E-state index in [-0.39, 0.29) is 6.04 Å². The van der Waals surface area contributed by atoms with E-state index < -0.39 is 11.6 Å². The molecule has 15 heavy (non-hydrogen) atoms. The Labute approximate surface area is 88.5 Å². The summed E-state index contributed by atoms with van der Waals surface area (Å²) in [5.41, 5.74) is 1.49. The second-order valence-corrected chi connectivity index (χ2v) is 3.97. The molecule has 0 amide bonds. The fourth-order valence-corrected chi connectivity index (χ4v) is 2.16. The number of hydrogen-bond donors (Lipinski definition) is 1. The zero-order valence-corrected chi connectivity index (χ0v) is 8.82. The van der Waals surface area contributed by atoms with E-state index in [1.807, 2.05) is 0 Å². The van der Waals surface area contributed by atoms with Gasteiger partial charge in [-0.25, -0.2) is 8.78 Å².